The Morgan fingerprint density at radius 3 is 2.77 bits per heavy atom. The van der Waals surface area contributed by atoms with Gasteiger partial charge < -0.3 is 10.5 Å². The molecule has 0 saturated carbocycles. The third-order valence-corrected chi connectivity index (χ3v) is 3.78. The van der Waals surface area contributed by atoms with Crippen molar-refractivity contribution in [2.75, 3.05) is 12.3 Å². The molecule has 0 spiro atoms. The van der Waals surface area contributed by atoms with Crippen molar-refractivity contribution in [1.29, 1.82) is 0 Å². The molecule has 1 saturated heterocycles. The fraction of sp³-hybridized carbons (Fsp3) is 1.00. The van der Waals surface area contributed by atoms with Gasteiger partial charge in [-0.1, -0.05) is 6.92 Å². The highest BCUT2D eigenvalue weighted by Gasteiger charge is 2.31. The molecule has 3 heteroatoms. The molecule has 1 heterocycles. The molecule has 2 nitrogen and oxygen atoms in total. The normalized spacial score (nSPS) is 29.1. The van der Waals surface area contributed by atoms with E-state index in [1.165, 1.54) is 12.8 Å². The first-order valence-electron chi connectivity index (χ1n) is 5.03. The largest absolute Gasteiger partial charge is 0.371 e. The summed E-state index contributed by atoms with van der Waals surface area (Å²) < 4.78 is 5.88. The predicted octanol–water partition coefficient (Wildman–Crippen LogP) is 2.02. The lowest BCUT2D eigenvalue weighted by atomic mass is 10.1. The molecule has 0 amide bonds. The van der Waals surface area contributed by atoms with E-state index >= 15 is 0 Å². The number of nitrogens with two attached hydrogens (primary N) is 1. The second-order valence-corrected chi connectivity index (χ2v) is 5.89. The summed E-state index contributed by atoms with van der Waals surface area (Å²) in [5, 5.41) is 0.562. The van der Waals surface area contributed by atoms with E-state index in [1.807, 2.05) is 11.8 Å². The van der Waals surface area contributed by atoms with Gasteiger partial charge in [-0.3, -0.25) is 0 Å². The van der Waals surface area contributed by atoms with Gasteiger partial charge in [0.15, 0.2) is 0 Å². The monoisotopic (exact) mass is 203 g/mol. The molecule has 2 N–H and O–H groups in total. The Balaban J connectivity index is 2.17. The van der Waals surface area contributed by atoms with Gasteiger partial charge >= 0.3 is 0 Å². The zero-order chi connectivity index (χ0) is 9.90. The van der Waals surface area contributed by atoms with Crippen LogP contribution in [0.3, 0.4) is 0 Å². The molecule has 13 heavy (non-hydrogen) atoms. The van der Waals surface area contributed by atoms with Crippen LogP contribution in [0.1, 0.15) is 33.6 Å². The van der Waals surface area contributed by atoms with Crippen molar-refractivity contribution < 1.29 is 4.74 Å². The molecule has 2 atom stereocenters. The Hall–Kier alpha value is 0.270. The van der Waals surface area contributed by atoms with Crippen LogP contribution in [0.4, 0.5) is 0 Å². The lowest BCUT2D eigenvalue weighted by Gasteiger charge is -2.19. The average molecular weight is 203 g/mol. The molecule has 1 fully saturated rings. The van der Waals surface area contributed by atoms with Crippen molar-refractivity contribution in [3.63, 3.8) is 0 Å². The van der Waals surface area contributed by atoms with Crippen molar-refractivity contribution in [3.05, 3.63) is 0 Å². The van der Waals surface area contributed by atoms with E-state index in [9.17, 15) is 0 Å². The van der Waals surface area contributed by atoms with Crippen molar-refractivity contribution in [3.8, 4) is 0 Å². The van der Waals surface area contributed by atoms with Crippen molar-refractivity contribution >= 4 is 11.8 Å². The van der Waals surface area contributed by atoms with E-state index in [4.69, 9.17) is 10.5 Å². The average Bonchev–Trinajstić information content (AvgIpc) is 2.41. The standard InChI is InChI=1S/C10H21NOS/c1-8(6-11)13-7-9-4-5-10(2,3)12-9/h8-9H,4-7,11H2,1-3H3. The Morgan fingerprint density at radius 2 is 2.31 bits per heavy atom. The van der Waals surface area contributed by atoms with Crippen LogP contribution in [0.25, 0.3) is 0 Å². The molecule has 1 aliphatic rings. The summed E-state index contributed by atoms with van der Waals surface area (Å²) >= 11 is 1.92. The van der Waals surface area contributed by atoms with Crippen LogP contribution >= 0.6 is 11.8 Å². The second kappa shape index (κ2) is 4.67. The van der Waals surface area contributed by atoms with Crippen LogP contribution in [0, 0.1) is 0 Å². The van der Waals surface area contributed by atoms with E-state index in [2.05, 4.69) is 20.8 Å². The zero-order valence-corrected chi connectivity index (χ0v) is 9.69. The molecule has 0 aromatic heterocycles. The maximum absolute atomic E-state index is 5.88. The minimum absolute atomic E-state index is 0.108. The highest BCUT2D eigenvalue weighted by Crippen LogP contribution is 2.31. The molecular formula is C10H21NOS. The van der Waals surface area contributed by atoms with Crippen LogP contribution in [0.5, 0.6) is 0 Å². The molecule has 0 bridgehead atoms. The van der Waals surface area contributed by atoms with Crippen molar-refractivity contribution in [1.82, 2.24) is 0 Å². The van der Waals surface area contributed by atoms with Gasteiger partial charge in [0.1, 0.15) is 0 Å². The Labute approximate surface area is 85.6 Å². The molecule has 78 valence electrons. The minimum Gasteiger partial charge on any atom is -0.371 e. The smallest absolute Gasteiger partial charge is 0.0673 e. The number of rotatable bonds is 4. The summed E-state index contributed by atoms with van der Waals surface area (Å²) in [6, 6.07) is 0. The number of ether oxygens (including phenoxy) is 1. The van der Waals surface area contributed by atoms with Crippen molar-refractivity contribution in [2.24, 2.45) is 5.73 Å². The fourth-order valence-electron chi connectivity index (χ4n) is 1.53. The summed E-state index contributed by atoms with van der Waals surface area (Å²) in [6.07, 6.45) is 2.85. The fourth-order valence-corrected chi connectivity index (χ4v) is 2.45. The van der Waals surface area contributed by atoms with E-state index in [1.54, 1.807) is 0 Å². The number of thioether (sulfide) groups is 1. The Morgan fingerprint density at radius 1 is 1.62 bits per heavy atom. The molecule has 0 aliphatic carbocycles. The van der Waals surface area contributed by atoms with Gasteiger partial charge in [-0.25, -0.2) is 0 Å². The summed E-state index contributed by atoms with van der Waals surface area (Å²) in [5.74, 6) is 1.10. The third-order valence-electron chi connectivity index (χ3n) is 2.45. The second-order valence-electron chi connectivity index (χ2n) is 4.42. The number of hydrogen-bond donors (Lipinski definition) is 1. The summed E-state index contributed by atoms with van der Waals surface area (Å²) in [4.78, 5) is 0. The molecule has 1 rings (SSSR count). The highest BCUT2D eigenvalue weighted by atomic mass is 32.2. The summed E-state index contributed by atoms with van der Waals surface area (Å²) in [6.45, 7) is 7.28. The molecule has 0 radical (unpaired) electrons. The summed E-state index contributed by atoms with van der Waals surface area (Å²) in [5.41, 5.74) is 5.66. The summed E-state index contributed by atoms with van der Waals surface area (Å²) in [7, 11) is 0. The topological polar surface area (TPSA) is 35.2 Å². The quantitative estimate of drug-likeness (QED) is 0.759. The Kier molecular flexibility index (Phi) is 4.07. The van der Waals surface area contributed by atoms with Crippen LogP contribution in [-0.2, 0) is 4.74 Å². The van der Waals surface area contributed by atoms with Gasteiger partial charge in [0.05, 0.1) is 11.7 Å². The van der Waals surface area contributed by atoms with Gasteiger partial charge in [-0.2, -0.15) is 11.8 Å². The van der Waals surface area contributed by atoms with E-state index in [-0.39, 0.29) is 5.60 Å². The van der Waals surface area contributed by atoms with Crippen molar-refractivity contribution in [2.45, 2.75) is 50.6 Å². The minimum atomic E-state index is 0.108. The predicted molar refractivity (Wildman–Crippen MR) is 59.2 cm³/mol. The van der Waals surface area contributed by atoms with Gasteiger partial charge in [0, 0.05) is 17.5 Å². The first-order valence-corrected chi connectivity index (χ1v) is 6.08. The SMILES string of the molecule is CC(CN)SCC1CCC(C)(C)O1. The van der Waals surface area contributed by atoms with Crippen LogP contribution in [-0.4, -0.2) is 29.3 Å². The highest BCUT2D eigenvalue weighted by molar-refractivity contribution is 7.99. The van der Waals surface area contributed by atoms with E-state index in [0.29, 0.717) is 11.4 Å². The first-order chi connectivity index (χ1) is 6.03. The van der Waals surface area contributed by atoms with Gasteiger partial charge in [0.25, 0.3) is 0 Å². The van der Waals surface area contributed by atoms with Gasteiger partial charge in [-0.15, -0.1) is 0 Å². The van der Waals surface area contributed by atoms with Crippen LogP contribution in [0.15, 0.2) is 0 Å². The first kappa shape index (κ1) is 11.3. The molecule has 2 unspecified atom stereocenters. The van der Waals surface area contributed by atoms with Gasteiger partial charge in [-0.05, 0) is 26.7 Å². The molecular weight excluding hydrogens is 182 g/mol. The van der Waals surface area contributed by atoms with Gasteiger partial charge in [0.2, 0.25) is 0 Å². The van der Waals surface area contributed by atoms with Crippen LogP contribution < -0.4 is 5.73 Å². The lowest BCUT2D eigenvalue weighted by Crippen LogP contribution is -2.22. The Bertz CT molecular complexity index is 161. The number of hydrogen-bond acceptors (Lipinski definition) is 3. The van der Waals surface area contributed by atoms with Crippen LogP contribution in [0.2, 0.25) is 0 Å². The molecule has 1 aliphatic heterocycles. The third kappa shape index (κ3) is 3.88. The van der Waals surface area contributed by atoms with E-state index in [0.717, 1.165) is 12.3 Å². The molecule has 0 aromatic carbocycles. The zero-order valence-electron chi connectivity index (χ0n) is 8.88. The maximum Gasteiger partial charge on any atom is 0.0673 e. The van der Waals surface area contributed by atoms with E-state index < -0.39 is 0 Å². The lowest BCUT2D eigenvalue weighted by molar-refractivity contribution is -0.00469. The maximum atomic E-state index is 5.88. The molecule has 0 aromatic rings.